The smallest absolute Gasteiger partial charge is 0.252 e. The highest BCUT2D eigenvalue weighted by atomic mass is 16.5. The van der Waals surface area contributed by atoms with E-state index in [0.29, 0.717) is 0 Å². The van der Waals surface area contributed by atoms with E-state index in [1.807, 2.05) is 0 Å². The van der Waals surface area contributed by atoms with Gasteiger partial charge in [-0.1, -0.05) is 146 Å². The van der Waals surface area contributed by atoms with Crippen molar-refractivity contribution >= 4 is 97.4 Å². The van der Waals surface area contributed by atoms with Gasteiger partial charge < -0.3 is 19.4 Å². The van der Waals surface area contributed by atoms with Crippen molar-refractivity contribution in [2.24, 2.45) is 0 Å². The second-order valence-electron chi connectivity index (χ2n) is 16.4. The van der Waals surface area contributed by atoms with Crippen molar-refractivity contribution in [3.8, 4) is 33.8 Å². The Morgan fingerprint density at radius 1 is 0.300 bits per heavy atom. The number of hydrogen-bond donors (Lipinski definition) is 0. The molecule has 0 aliphatic carbocycles. The average Bonchev–Trinajstić information content (AvgIpc) is 3.32. The van der Waals surface area contributed by atoms with Crippen LogP contribution in [-0.4, -0.2) is 13.4 Å². The minimum atomic E-state index is -0.0385. The van der Waals surface area contributed by atoms with Gasteiger partial charge in [-0.3, -0.25) is 0 Å². The van der Waals surface area contributed by atoms with Gasteiger partial charge >= 0.3 is 0 Å². The Balaban J connectivity index is 1.13. The first-order valence-corrected chi connectivity index (χ1v) is 20.8. The Bertz CT molecular complexity index is 3260. The fourth-order valence-corrected chi connectivity index (χ4v) is 11.0. The quantitative estimate of drug-likeness (QED) is 0.166. The molecule has 0 bridgehead atoms. The molecule has 0 radical (unpaired) electrons. The molecule has 0 saturated heterocycles. The topological polar surface area (TPSA) is 19.0 Å². The van der Waals surface area contributed by atoms with Crippen LogP contribution in [0.1, 0.15) is 0 Å². The summed E-state index contributed by atoms with van der Waals surface area (Å²) >= 11 is 0. The van der Waals surface area contributed by atoms with Crippen LogP contribution in [0.4, 0.5) is 51.2 Å². The maximum absolute atomic E-state index is 6.97. The SMILES string of the molecule is c1ccc(-c2ccc(N3c4ccc(-c5ccccc5)cc4B4c5cccc6c5N5c7c(cccc7B7c8ccccc8N(c8ccccc8)c8cc3c4c5c87)O6)cc2)cc1. The highest BCUT2D eigenvalue weighted by Crippen LogP contribution is 2.55. The molecule has 5 heterocycles. The van der Waals surface area contributed by atoms with Gasteiger partial charge in [-0.05, 0) is 110 Å². The lowest BCUT2D eigenvalue weighted by molar-refractivity contribution is 0.478. The van der Waals surface area contributed by atoms with Gasteiger partial charge in [-0.25, -0.2) is 0 Å². The lowest BCUT2D eigenvalue weighted by atomic mass is 9.28. The lowest BCUT2D eigenvalue weighted by Crippen LogP contribution is -2.69. The molecule has 5 aliphatic rings. The van der Waals surface area contributed by atoms with Crippen molar-refractivity contribution in [1.29, 1.82) is 0 Å². The molecule has 0 N–H and O–H groups in total. The standard InChI is InChI=1S/C54H33B2N3O/c1-4-14-34(15-5-1)36-26-29-39(30-27-36)58-45-31-28-37(35-16-6-2-7-17-35)32-43(45)56-42-22-13-25-49-53(42)59-52-41(21-12-24-48(52)60-49)55-40-20-10-11-23-44(40)57(38-18-8-3-9-19-38)46-33-47(58)51(56)54(59)50(46)55/h1-33H. The fourth-order valence-electron chi connectivity index (χ4n) is 11.0. The summed E-state index contributed by atoms with van der Waals surface area (Å²) in [6, 6.07) is 73.5. The summed E-state index contributed by atoms with van der Waals surface area (Å²) in [6.07, 6.45) is 0. The van der Waals surface area contributed by atoms with E-state index >= 15 is 0 Å². The molecule has 9 aromatic carbocycles. The number of benzene rings is 9. The number of rotatable bonds is 4. The first kappa shape index (κ1) is 32.3. The van der Waals surface area contributed by atoms with Crippen LogP contribution in [0.5, 0.6) is 11.5 Å². The minimum absolute atomic E-state index is 0.00869. The third-order valence-corrected chi connectivity index (χ3v) is 13.4. The molecule has 0 amide bonds. The number of anilines is 9. The number of hydrogen-bond acceptors (Lipinski definition) is 4. The van der Waals surface area contributed by atoms with Crippen LogP contribution in [0.15, 0.2) is 200 Å². The predicted octanol–water partition coefficient (Wildman–Crippen LogP) is 9.82. The van der Waals surface area contributed by atoms with Gasteiger partial charge in [0, 0.05) is 39.8 Å². The molecule has 60 heavy (non-hydrogen) atoms. The van der Waals surface area contributed by atoms with E-state index in [-0.39, 0.29) is 13.4 Å². The van der Waals surface area contributed by atoms with E-state index in [2.05, 4.69) is 215 Å². The van der Waals surface area contributed by atoms with Crippen molar-refractivity contribution < 1.29 is 4.74 Å². The van der Waals surface area contributed by atoms with Crippen molar-refractivity contribution in [2.45, 2.75) is 0 Å². The van der Waals surface area contributed by atoms with Crippen molar-refractivity contribution in [3.63, 3.8) is 0 Å². The Kier molecular flexibility index (Phi) is 6.42. The number of fused-ring (bicyclic) bond motifs is 6. The zero-order chi connectivity index (χ0) is 39.1. The van der Waals surface area contributed by atoms with Gasteiger partial charge in [-0.2, -0.15) is 0 Å². The number of nitrogens with zero attached hydrogens (tertiary/aromatic N) is 3. The summed E-state index contributed by atoms with van der Waals surface area (Å²) in [5.41, 5.74) is 23.3. The molecule has 0 spiro atoms. The maximum Gasteiger partial charge on any atom is 0.252 e. The van der Waals surface area contributed by atoms with Gasteiger partial charge in [0.05, 0.1) is 11.4 Å². The Hall–Kier alpha value is -7.69. The molecule has 5 aliphatic heterocycles. The number of para-hydroxylation sites is 4. The highest BCUT2D eigenvalue weighted by Gasteiger charge is 2.53. The zero-order valence-electron chi connectivity index (χ0n) is 32.5. The molecular formula is C54H33B2N3O. The van der Waals surface area contributed by atoms with E-state index in [9.17, 15) is 0 Å². The second-order valence-corrected chi connectivity index (χ2v) is 16.4. The van der Waals surface area contributed by atoms with E-state index in [1.54, 1.807) is 0 Å². The molecule has 0 fully saturated rings. The van der Waals surface area contributed by atoms with Crippen LogP contribution < -0.4 is 52.2 Å². The summed E-state index contributed by atoms with van der Waals surface area (Å²) in [6.45, 7) is -0.0298. The first-order chi connectivity index (χ1) is 29.8. The normalized spacial score (nSPS) is 14.0. The van der Waals surface area contributed by atoms with Gasteiger partial charge in [-0.15, -0.1) is 0 Å². The van der Waals surface area contributed by atoms with Gasteiger partial charge in [0.25, 0.3) is 13.4 Å². The van der Waals surface area contributed by atoms with Gasteiger partial charge in [0.15, 0.2) is 11.5 Å². The van der Waals surface area contributed by atoms with Gasteiger partial charge in [0.2, 0.25) is 0 Å². The van der Waals surface area contributed by atoms with E-state index in [0.717, 1.165) is 34.2 Å². The maximum atomic E-state index is 6.97. The largest absolute Gasteiger partial charge is 0.453 e. The fraction of sp³-hybridized carbons (Fsp3) is 0. The monoisotopic (exact) mass is 761 g/mol. The second kappa shape index (κ2) is 11.9. The van der Waals surface area contributed by atoms with Gasteiger partial charge in [0.1, 0.15) is 0 Å². The summed E-state index contributed by atoms with van der Waals surface area (Å²) in [5, 5.41) is 0. The molecule has 276 valence electrons. The molecular weight excluding hydrogens is 728 g/mol. The van der Waals surface area contributed by atoms with E-state index < -0.39 is 0 Å². The zero-order valence-corrected chi connectivity index (χ0v) is 32.5. The van der Waals surface area contributed by atoms with Crippen LogP contribution in [0, 0.1) is 0 Å². The predicted molar refractivity (Wildman–Crippen MR) is 251 cm³/mol. The van der Waals surface area contributed by atoms with Crippen molar-refractivity contribution in [2.75, 3.05) is 14.7 Å². The minimum Gasteiger partial charge on any atom is -0.453 e. The van der Waals surface area contributed by atoms with E-state index in [4.69, 9.17) is 4.74 Å². The molecule has 14 rings (SSSR count). The number of ether oxygens (including phenoxy) is 1. The molecule has 0 aromatic heterocycles. The molecule has 0 atom stereocenters. The summed E-state index contributed by atoms with van der Waals surface area (Å²) in [4.78, 5) is 7.63. The third-order valence-electron chi connectivity index (χ3n) is 13.4. The van der Waals surface area contributed by atoms with Crippen LogP contribution in [0.25, 0.3) is 22.3 Å². The van der Waals surface area contributed by atoms with Crippen LogP contribution >= 0.6 is 0 Å². The Labute approximate surface area is 349 Å². The average molecular weight is 762 g/mol. The van der Waals surface area contributed by atoms with Crippen LogP contribution in [-0.2, 0) is 0 Å². The van der Waals surface area contributed by atoms with Crippen LogP contribution in [0.3, 0.4) is 0 Å². The molecule has 9 aromatic rings. The summed E-state index contributed by atoms with van der Waals surface area (Å²) in [5.74, 6) is 1.80. The summed E-state index contributed by atoms with van der Waals surface area (Å²) in [7, 11) is 0. The highest BCUT2D eigenvalue weighted by molar-refractivity contribution is 7.05. The van der Waals surface area contributed by atoms with E-state index in [1.165, 1.54) is 83.5 Å². The van der Waals surface area contributed by atoms with Crippen molar-refractivity contribution in [1.82, 2.24) is 0 Å². The molecule has 6 heteroatoms. The molecule has 4 nitrogen and oxygen atoms in total. The third kappa shape index (κ3) is 4.22. The Morgan fingerprint density at radius 2 is 0.783 bits per heavy atom. The molecule has 0 unspecified atom stereocenters. The van der Waals surface area contributed by atoms with Crippen LogP contribution in [0.2, 0.25) is 0 Å². The lowest BCUT2D eigenvalue weighted by Gasteiger charge is -2.52. The Morgan fingerprint density at radius 3 is 1.43 bits per heavy atom. The summed E-state index contributed by atoms with van der Waals surface area (Å²) < 4.78 is 6.97. The van der Waals surface area contributed by atoms with Crippen molar-refractivity contribution in [3.05, 3.63) is 200 Å². The first-order valence-electron chi connectivity index (χ1n) is 20.8. The molecule has 0 saturated carbocycles.